The summed E-state index contributed by atoms with van der Waals surface area (Å²) in [5, 5.41) is 11.8. The number of rotatable bonds is 9. The Morgan fingerprint density at radius 1 is 1.31 bits per heavy atom. The third-order valence-electron chi connectivity index (χ3n) is 5.27. The molecule has 3 heterocycles. The third-order valence-corrected chi connectivity index (χ3v) is 6.24. The van der Waals surface area contributed by atoms with Crippen LogP contribution in [-0.2, 0) is 4.74 Å². The number of nitrogens with zero attached hydrogens (tertiary/aromatic N) is 2. The number of aliphatic imine (C=N–C) groups is 1. The van der Waals surface area contributed by atoms with Gasteiger partial charge >= 0.3 is 0 Å². The SMILES string of the molecule is CN=C(NCCCNC(=O)c1occc1C)NCC(c1cccs1)N1CCOC(C)C1.I. The van der Waals surface area contributed by atoms with Gasteiger partial charge in [0.05, 0.1) is 25.0 Å². The molecule has 2 aromatic rings. The van der Waals surface area contributed by atoms with E-state index in [9.17, 15) is 4.79 Å². The van der Waals surface area contributed by atoms with Gasteiger partial charge in [-0.25, -0.2) is 0 Å². The van der Waals surface area contributed by atoms with Gasteiger partial charge in [0.15, 0.2) is 11.7 Å². The maximum atomic E-state index is 12.1. The van der Waals surface area contributed by atoms with Gasteiger partial charge in [-0.2, -0.15) is 0 Å². The van der Waals surface area contributed by atoms with E-state index >= 15 is 0 Å². The highest BCUT2D eigenvalue weighted by Gasteiger charge is 2.26. The molecule has 32 heavy (non-hydrogen) atoms. The molecule has 178 valence electrons. The monoisotopic (exact) mass is 575 g/mol. The van der Waals surface area contributed by atoms with Crippen molar-refractivity contribution in [2.45, 2.75) is 32.4 Å². The highest BCUT2D eigenvalue weighted by atomic mass is 127. The standard InChI is InChI=1S/C22H33N5O3S.HI/c1-16-7-11-30-20(16)21(28)24-8-5-9-25-22(23-3)26-14-18(19-6-4-13-31-19)27-10-12-29-17(2)15-27;/h4,6-7,11,13,17-18H,5,8-10,12,14-15H2,1-3H3,(H,24,28)(H2,23,25,26);1H. The van der Waals surface area contributed by atoms with Gasteiger partial charge in [0.1, 0.15) is 0 Å². The van der Waals surface area contributed by atoms with Gasteiger partial charge in [0.25, 0.3) is 5.91 Å². The second kappa shape index (κ2) is 13.8. The van der Waals surface area contributed by atoms with Crippen LogP contribution in [0.2, 0.25) is 0 Å². The van der Waals surface area contributed by atoms with E-state index in [1.807, 2.05) is 6.92 Å². The molecule has 2 aromatic heterocycles. The summed E-state index contributed by atoms with van der Waals surface area (Å²) >= 11 is 1.78. The van der Waals surface area contributed by atoms with Crippen LogP contribution < -0.4 is 16.0 Å². The largest absolute Gasteiger partial charge is 0.459 e. The Labute approximate surface area is 211 Å². The number of amides is 1. The van der Waals surface area contributed by atoms with Crippen LogP contribution in [0.5, 0.6) is 0 Å². The Kier molecular flexibility index (Phi) is 11.5. The molecule has 1 aliphatic heterocycles. The maximum Gasteiger partial charge on any atom is 0.287 e. The Bertz CT molecular complexity index is 842. The number of aryl methyl sites for hydroxylation is 1. The fourth-order valence-electron chi connectivity index (χ4n) is 3.62. The smallest absolute Gasteiger partial charge is 0.287 e. The molecule has 3 N–H and O–H groups in total. The number of nitrogens with one attached hydrogen (secondary N) is 3. The van der Waals surface area contributed by atoms with Crippen LogP contribution in [0.15, 0.2) is 39.3 Å². The minimum atomic E-state index is -0.177. The molecule has 0 spiro atoms. The van der Waals surface area contributed by atoms with Crippen molar-refractivity contribution in [2.75, 3.05) is 46.4 Å². The van der Waals surface area contributed by atoms with E-state index in [1.165, 1.54) is 11.1 Å². The minimum Gasteiger partial charge on any atom is -0.459 e. The lowest BCUT2D eigenvalue weighted by molar-refractivity contribution is -0.0334. The highest BCUT2D eigenvalue weighted by Crippen LogP contribution is 2.26. The van der Waals surface area contributed by atoms with Crippen LogP contribution in [-0.4, -0.2) is 69.2 Å². The van der Waals surface area contributed by atoms with Crippen molar-refractivity contribution in [3.05, 3.63) is 46.0 Å². The van der Waals surface area contributed by atoms with Crippen molar-refractivity contribution in [1.82, 2.24) is 20.9 Å². The molecule has 0 bridgehead atoms. The lowest BCUT2D eigenvalue weighted by atomic mass is 10.1. The highest BCUT2D eigenvalue weighted by molar-refractivity contribution is 14.0. The molecule has 8 nitrogen and oxygen atoms in total. The van der Waals surface area contributed by atoms with E-state index in [2.05, 4.69) is 50.3 Å². The Hall–Kier alpha value is -1.63. The van der Waals surface area contributed by atoms with Gasteiger partial charge in [-0.3, -0.25) is 14.7 Å². The molecule has 2 atom stereocenters. The number of morpholine rings is 1. The van der Waals surface area contributed by atoms with Crippen molar-refractivity contribution in [1.29, 1.82) is 0 Å². The van der Waals surface area contributed by atoms with Gasteiger partial charge in [-0.15, -0.1) is 35.3 Å². The van der Waals surface area contributed by atoms with Crippen LogP contribution >= 0.6 is 35.3 Å². The molecule has 10 heteroatoms. The van der Waals surface area contributed by atoms with E-state index in [0.29, 0.717) is 18.8 Å². The summed E-state index contributed by atoms with van der Waals surface area (Å²) in [6.45, 7) is 8.62. The Balaban J connectivity index is 0.00000363. The first kappa shape index (κ1) is 26.6. The van der Waals surface area contributed by atoms with Crippen LogP contribution in [0.1, 0.15) is 40.4 Å². The van der Waals surface area contributed by atoms with Crippen LogP contribution in [0.25, 0.3) is 0 Å². The normalized spacial score (nSPS) is 18.0. The predicted molar refractivity (Wildman–Crippen MR) is 139 cm³/mol. The average molecular weight is 576 g/mol. The molecule has 3 rings (SSSR count). The Morgan fingerprint density at radius 3 is 2.78 bits per heavy atom. The van der Waals surface area contributed by atoms with Crippen molar-refractivity contribution in [3.63, 3.8) is 0 Å². The summed E-state index contributed by atoms with van der Waals surface area (Å²) in [5.41, 5.74) is 0.843. The van der Waals surface area contributed by atoms with Crippen LogP contribution in [0, 0.1) is 6.92 Å². The van der Waals surface area contributed by atoms with Gasteiger partial charge < -0.3 is 25.1 Å². The summed E-state index contributed by atoms with van der Waals surface area (Å²) in [6, 6.07) is 6.35. The number of halogens is 1. The molecule has 0 aromatic carbocycles. The van der Waals surface area contributed by atoms with Gasteiger partial charge in [0, 0.05) is 50.2 Å². The van der Waals surface area contributed by atoms with E-state index in [0.717, 1.165) is 44.2 Å². The minimum absolute atomic E-state index is 0. The molecular formula is C22H34IN5O3S. The van der Waals surface area contributed by atoms with Crippen molar-refractivity contribution < 1.29 is 13.9 Å². The second-order valence-electron chi connectivity index (χ2n) is 7.63. The van der Waals surface area contributed by atoms with Crippen LogP contribution in [0.4, 0.5) is 0 Å². The number of thiophene rings is 1. The second-order valence-corrected chi connectivity index (χ2v) is 8.61. The summed E-state index contributed by atoms with van der Waals surface area (Å²) in [7, 11) is 1.77. The zero-order valence-corrected chi connectivity index (χ0v) is 22.1. The van der Waals surface area contributed by atoms with E-state index in [4.69, 9.17) is 9.15 Å². The zero-order valence-electron chi connectivity index (χ0n) is 18.9. The molecule has 0 saturated carbocycles. The number of ether oxygens (including phenoxy) is 1. The quantitative estimate of drug-likeness (QED) is 0.184. The molecule has 1 saturated heterocycles. The Morgan fingerprint density at radius 2 is 2.12 bits per heavy atom. The number of hydrogen-bond donors (Lipinski definition) is 3. The first-order chi connectivity index (χ1) is 15.1. The number of carbonyl (C=O) groups is 1. The number of furan rings is 1. The van der Waals surface area contributed by atoms with E-state index in [1.54, 1.807) is 24.5 Å². The third kappa shape index (κ3) is 7.75. The summed E-state index contributed by atoms with van der Waals surface area (Å²) < 4.78 is 10.9. The molecule has 1 fully saturated rings. The first-order valence-electron chi connectivity index (χ1n) is 10.7. The number of guanidine groups is 1. The molecule has 1 amide bonds. The zero-order chi connectivity index (χ0) is 22.1. The topological polar surface area (TPSA) is 91.1 Å². The van der Waals surface area contributed by atoms with Crippen molar-refractivity contribution >= 4 is 47.2 Å². The summed E-state index contributed by atoms with van der Waals surface area (Å²) in [6.07, 6.45) is 2.55. The van der Waals surface area contributed by atoms with Gasteiger partial charge in [-0.05, 0) is 37.8 Å². The van der Waals surface area contributed by atoms with Crippen molar-refractivity contribution in [3.8, 4) is 0 Å². The lowest BCUT2D eigenvalue weighted by Gasteiger charge is -2.37. The fourth-order valence-corrected chi connectivity index (χ4v) is 4.48. The first-order valence-corrected chi connectivity index (χ1v) is 11.6. The van der Waals surface area contributed by atoms with Crippen molar-refractivity contribution in [2.24, 2.45) is 4.99 Å². The lowest BCUT2D eigenvalue weighted by Crippen LogP contribution is -2.48. The van der Waals surface area contributed by atoms with E-state index in [-0.39, 0.29) is 42.0 Å². The van der Waals surface area contributed by atoms with Gasteiger partial charge in [-0.1, -0.05) is 6.07 Å². The number of hydrogen-bond acceptors (Lipinski definition) is 6. The molecular weight excluding hydrogens is 541 g/mol. The maximum absolute atomic E-state index is 12.1. The van der Waals surface area contributed by atoms with E-state index < -0.39 is 0 Å². The number of carbonyl (C=O) groups excluding carboxylic acids is 1. The van der Waals surface area contributed by atoms with Crippen LogP contribution in [0.3, 0.4) is 0 Å². The molecule has 2 unspecified atom stereocenters. The average Bonchev–Trinajstić information content (AvgIpc) is 3.44. The molecule has 0 aliphatic carbocycles. The molecule has 0 radical (unpaired) electrons. The summed E-state index contributed by atoms with van der Waals surface area (Å²) in [5.74, 6) is 0.960. The predicted octanol–water partition coefficient (Wildman–Crippen LogP) is 3.01. The fraction of sp³-hybridized carbons (Fsp3) is 0.545. The van der Waals surface area contributed by atoms with Gasteiger partial charge in [0.2, 0.25) is 0 Å². The molecule has 1 aliphatic rings. The summed E-state index contributed by atoms with van der Waals surface area (Å²) in [4.78, 5) is 20.2.